The predicted molar refractivity (Wildman–Crippen MR) is 168 cm³/mol. The van der Waals surface area contributed by atoms with Gasteiger partial charge in [-0.15, -0.1) is 12.3 Å². The molecule has 3 aliphatic rings. The van der Waals surface area contributed by atoms with E-state index in [1.165, 1.54) is 36.1 Å². The lowest BCUT2D eigenvalue weighted by Crippen LogP contribution is -2.86. The van der Waals surface area contributed by atoms with E-state index < -0.39 is 25.7 Å². The Morgan fingerprint density at radius 3 is 1.68 bits per heavy atom. The highest BCUT2D eigenvalue weighted by molar-refractivity contribution is 6.98. The van der Waals surface area contributed by atoms with Crippen LogP contribution in [0.2, 0.25) is 19.6 Å². The van der Waals surface area contributed by atoms with Gasteiger partial charge in [0.25, 0.3) is 0 Å². The lowest BCUT2D eigenvalue weighted by atomic mass is 9.96. The fraction of sp³-hybridized carbons (Fsp3) is 0.562. The molecule has 4 atom stereocenters. The summed E-state index contributed by atoms with van der Waals surface area (Å²) in [5, 5.41) is 2.37. The summed E-state index contributed by atoms with van der Waals surface area (Å²) >= 11 is 0. The lowest BCUT2D eigenvalue weighted by molar-refractivity contribution is -0.170. The van der Waals surface area contributed by atoms with E-state index in [1.807, 2.05) is 0 Å². The molecule has 0 saturated carbocycles. The average molecular weight is 565 g/mol. The maximum absolute atomic E-state index is 7.45. The van der Waals surface area contributed by atoms with Crippen LogP contribution < -0.4 is 10.4 Å². The molecule has 0 amide bonds. The number of hydrogen-bond donors (Lipinski definition) is 0. The topological polar surface area (TPSA) is 27.7 Å². The van der Waals surface area contributed by atoms with Gasteiger partial charge in [-0.1, -0.05) is 90.7 Å². The van der Waals surface area contributed by atoms with Crippen molar-refractivity contribution in [2.24, 2.45) is 0 Å². The first-order valence-electron chi connectivity index (χ1n) is 15.1. The van der Waals surface area contributed by atoms with Crippen LogP contribution >= 0.6 is 0 Å². The third-order valence-electron chi connectivity index (χ3n) is 10.4. The first kappa shape index (κ1) is 28.2. The molecule has 0 N–H and O–H groups in total. The minimum absolute atomic E-state index is 0.0650. The second-order valence-electron chi connectivity index (χ2n) is 12.4. The molecule has 3 heterocycles. The second-order valence-corrected chi connectivity index (χ2v) is 24.0. The van der Waals surface area contributed by atoms with Crippen molar-refractivity contribution in [1.29, 1.82) is 0 Å². The van der Waals surface area contributed by atoms with Crippen LogP contribution in [0, 0.1) is 0 Å². The van der Waals surface area contributed by atoms with Gasteiger partial charge in [-0.05, 0) is 57.8 Å². The molecule has 0 radical (unpaired) electrons. The Labute approximate surface area is 235 Å². The Hall–Kier alpha value is -1.29. The maximum Gasteiger partial charge on any atom is 0.141 e. The van der Waals surface area contributed by atoms with E-state index in [1.54, 1.807) is 0 Å². The van der Waals surface area contributed by atoms with E-state index in [0.29, 0.717) is 0 Å². The summed E-state index contributed by atoms with van der Waals surface area (Å²) in [6.07, 6.45) is 10.5. The van der Waals surface area contributed by atoms with Crippen molar-refractivity contribution in [3.05, 3.63) is 72.9 Å². The van der Waals surface area contributed by atoms with Crippen LogP contribution in [0.15, 0.2) is 72.9 Å². The highest BCUT2D eigenvalue weighted by Gasteiger charge is 2.72. The lowest BCUT2D eigenvalue weighted by Gasteiger charge is -2.66. The largest absolute Gasteiger partial charge is 0.382 e. The summed E-state index contributed by atoms with van der Waals surface area (Å²) in [4.78, 5) is -0.0650. The standard InChI is InChI=1S/C32H48O3Si3/c1-5-36(2)32(24-14-17-27-35-32)38(3,4)31(23-13-16-26-34-31)30(22-12-15-25-33-30)37(28-18-8-6-9-19-28)29-20-10-7-11-21-29/h5-11,18-21,36-37H,1,12-17,22-27H2,2-4H3. The van der Waals surface area contributed by atoms with Crippen molar-refractivity contribution < 1.29 is 14.2 Å². The molecule has 0 spiro atoms. The molecular formula is C32H48O3Si3. The molecular weight excluding hydrogens is 517 g/mol. The number of rotatable bonds is 8. The van der Waals surface area contributed by atoms with Gasteiger partial charge in [0, 0.05) is 19.8 Å². The fourth-order valence-corrected chi connectivity index (χ4v) is 25.7. The normalized spacial score (nSPS) is 31.6. The van der Waals surface area contributed by atoms with Crippen molar-refractivity contribution in [3.8, 4) is 0 Å². The van der Waals surface area contributed by atoms with Crippen LogP contribution in [0.1, 0.15) is 57.8 Å². The van der Waals surface area contributed by atoms with E-state index in [0.717, 1.165) is 51.9 Å². The minimum atomic E-state index is -2.32. The molecule has 3 aliphatic heterocycles. The number of hydrogen-bond acceptors (Lipinski definition) is 3. The molecule has 4 unspecified atom stereocenters. The van der Waals surface area contributed by atoms with Crippen molar-refractivity contribution in [1.82, 2.24) is 0 Å². The number of benzene rings is 2. The Bertz CT molecular complexity index is 1000. The third-order valence-corrected chi connectivity index (χ3v) is 26.2. The Morgan fingerprint density at radius 2 is 1.24 bits per heavy atom. The molecule has 0 aromatic heterocycles. The van der Waals surface area contributed by atoms with Crippen molar-refractivity contribution in [2.45, 2.75) is 92.7 Å². The Morgan fingerprint density at radius 1 is 0.711 bits per heavy atom. The third kappa shape index (κ3) is 4.49. The molecule has 206 valence electrons. The smallest absolute Gasteiger partial charge is 0.141 e. The Kier molecular flexibility index (Phi) is 8.68. The fourth-order valence-electron chi connectivity index (χ4n) is 8.54. The Balaban J connectivity index is 1.78. The molecule has 3 saturated heterocycles. The summed E-state index contributed by atoms with van der Waals surface area (Å²) in [5.74, 6) is 0. The molecule has 3 nitrogen and oxygen atoms in total. The van der Waals surface area contributed by atoms with Gasteiger partial charge < -0.3 is 14.2 Å². The molecule has 0 bridgehead atoms. The van der Waals surface area contributed by atoms with Gasteiger partial charge in [-0.25, -0.2) is 0 Å². The van der Waals surface area contributed by atoms with Crippen LogP contribution in [0.5, 0.6) is 0 Å². The molecule has 3 fully saturated rings. The molecule has 2 aromatic carbocycles. The second kappa shape index (κ2) is 11.7. The zero-order valence-electron chi connectivity index (χ0n) is 23.9. The van der Waals surface area contributed by atoms with Crippen LogP contribution in [-0.2, 0) is 14.2 Å². The van der Waals surface area contributed by atoms with E-state index in [-0.39, 0.29) is 15.3 Å². The molecule has 6 heteroatoms. The van der Waals surface area contributed by atoms with E-state index >= 15 is 0 Å². The average Bonchev–Trinajstić information content (AvgIpc) is 2.99. The van der Waals surface area contributed by atoms with Crippen LogP contribution in [-0.4, -0.2) is 60.8 Å². The molecule has 38 heavy (non-hydrogen) atoms. The van der Waals surface area contributed by atoms with E-state index in [2.05, 4.69) is 92.6 Å². The van der Waals surface area contributed by atoms with Gasteiger partial charge in [0.2, 0.25) is 0 Å². The van der Waals surface area contributed by atoms with Crippen LogP contribution in [0.4, 0.5) is 0 Å². The first-order valence-corrected chi connectivity index (χ1v) is 22.2. The van der Waals surface area contributed by atoms with Crippen LogP contribution in [0.25, 0.3) is 0 Å². The predicted octanol–water partition coefficient (Wildman–Crippen LogP) is 5.29. The monoisotopic (exact) mass is 564 g/mol. The summed E-state index contributed by atoms with van der Waals surface area (Å²) in [5.41, 5.74) is 2.30. The van der Waals surface area contributed by atoms with Gasteiger partial charge >= 0.3 is 0 Å². The van der Waals surface area contributed by atoms with Crippen molar-refractivity contribution >= 4 is 36.0 Å². The van der Waals surface area contributed by atoms with Crippen molar-refractivity contribution in [3.63, 3.8) is 0 Å². The molecule has 5 rings (SSSR count). The van der Waals surface area contributed by atoms with Crippen molar-refractivity contribution in [2.75, 3.05) is 19.8 Å². The van der Waals surface area contributed by atoms with Gasteiger partial charge in [0.15, 0.2) is 0 Å². The summed E-state index contributed by atoms with van der Waals surface area (Å²) < 4.78 is 22.0. The van der Waals surface area contributed by atoms with E-state index in [4.69, 9.17) is 14.2 Å². The molecule has 2 aromatic rings. The zero-order valence-corrected chi connectivity index (χ0v) is 27.2. The van der Waals surface area contributed by atoms with Gasteiger partial charge in [-0.2, -0.15) is 0 Å². The first-order chi connectivity index (χ1) is 18.4. The summed E-state index contributed by atoms with van der Waals surface area (Å²) in [6.45, 7) is 14.7. The van der Waals surface area contributed by atoms with Crippen LogP contribution in [0.3, 0.4) is 0 Å². The highest BCUT2D eigenvalue weighted by atomic mass is 28.4. The van der Waals surface area contributed by atoms with Gasteiger partial charge in [-0.3, -0.25) is 0 Å². The van der Waals surface area contributed by atoms with E-state index in [9.17, 15) is 0 Å². The van der Waals surface area contributed by atoms with Gasteiger partial charge in [0.1, 0.15) is 16.9 Å². The van der Waals surface area contributed by atoms with Gasteiger partial charge in [0.05, 0.1) is 24.1 Å². The summed E-state index contributed by atoms with van der Waals surface area (Å²) in [7, 11) is -5.65. The minimum Gasteiger partial charge on any atom is -0.382 e. The number of ether oxygens (including phenoxy) is 3. The molecule has 0 aliphatic carbocycles. The summed E-state index contributed by atoms with van der Waals surface area (Å²) in [6, 6.07) is 22.7. The maximum atomic E-state index is 7.45. The zero-order chi connectivity index (χ0) is 26.7. The SMILES string of the molecule is C=C[SiH](C)C1([Si](C)(C)C2(C3([SiH](c4ccccc4)c4ccccc4)CCCCO3)CCCCO2)CCCCO1. The quantitative estimate of drug-likeness (QED) is 0.408. The highest BCUT2D eigenvalue weighted by Crippen LogP contribution is 2.55.